The summed E-state index contributed by atoms with van der Waals surface area (Å²) < 4.78 is 11.9. The summed E-state index contributed by atoms with van der Waals surface area (Å²) in [5.74, 6) is 2.36. The minimum atomic E-state index is -1.12. The van der Waals surface area contributed by atoms with Crippen LogP contribution in [0.5, 0.6) is 5.75 Å². The van der Waals surface area contributed by atoms with Crippen molar-refractivity contribution in [3.63, 3.8) is 0 Å². The quantitative estimate of drug-likeness (QED) is 0.250. The van der Waals surface area contributed by atoms with Crippen LogP contribution >= 0.6 is 34.8 Å². The summed E-state index contributed by atoms with van der Waals surface area (Å²) in [5, 5.41) is 26.1. The first kappa shape index (κ1) is 26.0. The fourth-order valence-electron chi connectivity index (χ4n) is 4.93. The molecule has 0 atom stereocenters. The largest absolute Gasteiger partial charge is 0.489 e. The zero-order valence-corrected chi connectivity index (χ0v) is 23.2. The summed E-state index contributed by atoms with van der Waals surface area (Å²) in [6.45, 7) is 2.66. The minimum absolute atomic E-state index is 0.198. The Morgan fingerprint density at radius 2 is 1.85 bits per heavy atom. The molecule has 1 aliphatic heterocycles. The van der Waals surface area contributed by atoms with Crippen molar-refractivity contribution in [3.8, 4) is 23.1 Å². The Morgan fingerprint density at radius 1 is 1.10 bits per heavy atom. The number of nitriles is 1. The van der Waals surface area contributed by atoms with Crippen molar-refractivity contribution in [2.45, 2.75) is 37.9 Å². The van der Waals surface area contributed by atoms with E-state index < -0.39 is 5.60 Å². The van der Waals surface area contributed by atoms with Gasteiger partial charge in [0.1, 0.15) is 41.3 Å². The predicted molar refractivity (Wildman–Crippen MR) is 150 cm³/mol. The van der Waals surface area contributed by atoms with Crippen molar-refractivity contribution in [2.75, 3.05) is 18.0 Å². The van der Waals surface area contributed by atoms with E-state index in [1.807, 2.05) is 4.90 Å². The van der Waals surface area contributed by atoms with E-state index in [2.05, 4.69) is 16.2 Å². The van der Waals surface area contributed by atoms with Gasteiger partial charge in [-0.2, -0.15) is 5.26 Å². The first-order valence-electron chi connectivity index (χ1n) is 12.5. The lowest BCUT2D eigenvalue weighted by molar-refractivity contribution is 0.00710. The Morgan fingerprint density at radius 3 is 2.49 bits per heavy atom. The van der Waals surface area contributed by atoms with Gasteiger partial charge >= 0.3 is 0 Å². The number of hydrogen-bond donors (Lipinski definition) is 1. The number of pyridine rings is 1. The maximum absolute atomic E-state index is 11.3. The van der Waals surface area contributed by atoms with Gasteiger partial charge in [0.2, 0.25) is 0 Å². The molecule has 2 aromatic heterocycles. The lowest BCUT2D eigenvalue weighted by Crippen LogP contribution is -2.60. The summed E-state index contributed by atoms with van der Waals surface area (Å²) in [5.41, 5.74) is 2.68. The molecule has 0 spiro atoms. The van der Waals surface area contributed by atoms with E-state index in [1.54, 1.807) is 55.5 Å². The maximum Gasteiger partial charge on any atom is 0.147 e. The average Bonchev–Trinajstić information content (AvgIpc) is 3.65. The van der Waals surface area contributed by atoms with Crippen LogP contribution in [0.4, 0.5) is 5.82 Å². The highest BCUT2D eigenvalue weighted by Gasteiger charge is 2.44. The normalized spacial score (nSPS) is 16.1. The second-order valence-electron chi connectivity index (χ2n) is 9.98. The molecule has 0 amide bonds. The third kappa shape index (κ3) is 4.83. The van der Waals surface area contributed by atoms with Crippen LogP contribution in [0.15, 0.2) is 53.1 Å². The molecule has 4 aromatic rings. The van der Waals surface area contributed by atoms with Gasteiger partial charge in [0.25, 0.3) is 0 Å². The van der Waals surface area contributed by atoms with Gasteiger partial charge < -0.3 is 19.3 Å². The van der Waals surface area contributed by atoms with Gasteiger partial charge in [-0.25, -0.2) is 4.98 Å². The van der Waals surface area contributed by atoms with Crippen LogP contribution in [0.25, 0.3) is 11.3 Å². The Balaban J connectivity index is 1.19. The first-order chi connectivity index (χ1) is 18.8. The standard InChI is InChI=1S/C29H23Cl3N4O3/c1-16-18(12-33)7-10-25(34-16)36-14-29(37,15-36)21-9-8-19(11-24(21)32)38-13-20-27(35-39-28(20)17-5-6-17)26-22(30)3-2-4-23(26)31/h2-4,7-11,17,37H,5-6,13-15H2,1H3. The van der Waals surface area contributed by atoms with Crippen LogP contribution < -0.4 is 9.64 Å². The molecule has 2 fully saturated rings. The molecule has 2 aromatic carbocycles. The van der Waals surface area contributed by atoms with E-state index in [1.165, 1.54) is 0 Å². The lowest BCUT2D eigenvalue weighted by atomic mass is 9.86. The van der Waals surface area contributed by atoms with Crippen LogP contribution in [-0.2, 0) is 12.2 Å². The molecule has 0 unspecified atom stereocenters. The van der Waals surface area contributed by atoms with Gasteiger partial charge in [-0.3, -0.25) is 0 Å². The Bertz CT molecular complexity index is 1600. The second-order valence-corrected chi connectivity index (χ2v) is 11.2. The highest BCUT2D eigenvalue weighted by atomic mass is 35.5. The summed E-state index contributed by atoms with van der Waals surface area (Å²) >= 11 is 19.6. The second kappa shape index (κ2) is 10.0. The number of aryl methyl sites for hydroxylation is 1. The molecule has 2 aliphatic rings. The fourth-order valence-corrected chi connectivity index (χ4v) is 5.85. The molecule has 198 valence electrons. The summed E-state index contributed by atoms with van der Waals surface area (Å²) in [6, 6.07) is 16.2. The Labute approximate surface area is 240 Å². The van der Waals surface area contributed by atoms with Crippen LogP contribution in [0.1, 0.15) is 46.9 Å². The third-order valence-electron chi connectivity index (χ3n) is 7.21. The monoisotopic (exact) mass is 580 g/mol. The fraction of sp³-hybridized carbons (Fsp3) is 0.276. The molecule has 1 aliphatic carbocycles. The molecule has 3 heterocycles. The zero-order chi connectivity index (χ0) is 27.3. The molecule has 7 nitrogen and oxygen atoms in total. The number of halogens is 3. The summed E-state index contributed by atoms with van der Waals surface area (Å²) in [7, 11) is 0. The van der Waals surface area contributed by atoms with E-state index in [0.717, 1.165) is 24.2 Å². The topological polar surface area (TPSA) is 95.4 Å². The van der Waals surface area contributed by atoms with Gasteiger partial charge in [0.15, 0.2) is 0 Å². The number of benzene rings is 2. The average molecular weight is 582 g/mol. The third-order valence-corrected chi connectivity index (χ3v) is 8.15. The van der Waals surface area contributed by atoms with Crippen molar-refractivity contribution in [1.29, 1.82) is 5.26 Å². The molecule has 0 radical (unpaired) electrons. The van der Waals surface area contributed by atoms with Gasteiger partial charge in [-0.05, 0) is 56.2 Å². The predicted octanol–water partition coefficient (Wildman–Crippen LogP) is 7.04. The van der Waals surface area contributed by atoms with Crippen molar-refractivity contribution >= 4 is 40.6 Å². The molecule has 1 saturated heterocycles. The molecule has 39 heavy (non-hydrogen) atoms. The highest BCUT2D eigenvalue weighted by Crippen LogP contribution is 2.46. The number of nitrogens with zero attached hydrogens (tertiary/aromatic N) is 4. The van der Waals surface area contributed by atoms with Crippen LogP contribution in [0.2, 0.25) is 15.1 Å². The SMILES string of the molecule is Cc1nc(N2CC(O)(c3ccc(OCc4c(-c5c(Cl)cccc5Cl)noc4C4CC4)cc3Cl)C2)ccc1C#N. The van der Waals surface area contributed by atoms with E-state index in [4.69, 9.17) is 49.3 Å². The number of aliphatic hydroxyl groups is 1. The Kier molecular flexibility index (Phi) is 6.68. The molecule has 10 heteroatoms. The van der Waals surface area contributed by atoms with Crippen LogP contribution in [0.3, 0.4) is 0 Å². The molecule has 6 rings (SSSR count). The van der Waals surface area contributed by atoms with E-state index in [0.29, 0.717) is 73.7 Å². The van der Waals surface area contributed by atoms with Gasteiger partial charge in [-0.1, -0.05) is 52.1 Å². The van der Waals surface area contributed by atoms with Gasteiger partial charge in [0, 0.05) is 17.0 Å². The zero-order valence-electron chi connectivity index (χ0n) is 20.9. The van der Waals surface area contributed by atoms with E-state index in [9.17, 15) is 5.11 Å². The summed E-state index contributed by atoms with van der Waals surface area (Å²) in [6.07, 6.45) is 2.07. The number of anilines is 1. The number of aromatic nitrogens is 2. The van der Waals surface area contributed by atoms with E-state index >= 15 is 0 Å². The van der Waals surface area contributed by atoms with Crippen molar-refractivity contribution < 1.29 is 14.4 Å². The Hall–Kier alpha value is -3.28. The first-order valence-corrected chi connectivity index (χ1v) is 13.6. The number of hydrogen-bond acceptors (Lipinski definition) is 7. The van der Waals surface area contributed by atoms with Gasteiger partial charge in [0.05, 0.1) is 45.0 Å². The van der Waals surface area contributed by atoms with Crippen LogP contribution in [0, 0.1) is 18.3 Å². The number of rotatable bonds is 7. The smallest absolute Gasteiger partial charge is 0.147 e. The van der Waals surface area contributed by atoms with Crippen molar-refractivity contribution in [2.24, 2.45) is 0 Å². The maximum atomic E-state index is 11.3. The molecule has 1 N–H and O–H groups in total. The molecule has 1 saturated carbocycles. The summed E-state index contributed by atoms with van der Waals surface area (Å²) in [4.78, 5) is 6.43. The van der Waals surface area contributed by atoms with Gasteiger partial charge in [-0.15, -0.1) is 0 Å². The highest BCUT2D eigenvalue weighted by molar-refractivity contribution is 6.39. The lowest BCUT2D eigenvalue weighted by Gasteiger charge is -2.47. The molecule has 0 bridgehead atoms. The van der Waals surface area contributed by atoms with Crippen molar-refractivity contribution in [3.05, 3.63) is 91.7 Å². The minimum Gasteiger partial charge on any atom is -0.489 e. The number of ether oxygens (including phenoxy) is 1. The van der Waals surface area contributed by atoms with Crippen molar-refractivity contribution in [1.82, 2.24) is 10.1 Å². The van der Waals surface area contributed by atoms with E-state index in [-0.39, 0.29) is 6.61 Å². The number of β-amino-alcohol motifs (C(OH)–C–C–N with tert-alkyl or cyclic N) is 1. The van der Waals surface area contributed by atoms with Crippen LogP contribution in [-0.4, -0.2) is 28.3 Å². The molecular formula is C29H23Cl3N4O3. The molecular weight excluding hydrogens is 559 g/mol.